The van der Waals surface area contributed by atoms with Gasteiger partial charge in [-0.05, 0) is 68.1 Å². The Hall–Kier alpha value is -4.65. The Balaban J connectivity index is 0.000000587. The second-order valence-electron chi connectivity index (χ2n) is 12.0. The van der Waals surface area contributed by atoms with E-state index < -0.39 is 24.3 Å². The van der Waals surface area contributed by atoms with Crippen molar-refractivity contribution in [3.8, 4) is 11.5 Å². The largest absolute Gasteiger partial charge is 0.506 e. The number of carboxylic acids is 2. The van der Waals surface area contributed by atoms with E-state index in [0.29, 0.717) is 57.0 Å². The lowest BCUT2D eigenvalue weighted by atomic mass is 10.1. The minimum absolute atomic E-state index is 0.00392. The Labute approximate surface area is 300 Å². The summed E-state index contributed by atoms with van der Waals surface area (Å²) in [7, 11) is 0. The van der Waals surface area contributed by atoms with E-state index in [1.54, 1.807) is 18.2 Å². The second kappa shape index (κ2) is 21.8. The first-order valence-corrected chi connectivity index (χ1v) is 16.7. The number of phenols is 1. The number of amides is 2. The molecule has 1 heterocycles. The molecule has 2 aromatic rings. The maximum atomic E-state index is 13.4. The van der Waals surface area contributed by atoms with Crippen molar-refractivity contribution in [2.24, 2.45) is 0 Å². The van der Waals surface area contributed by atoms with Gasteiger partial charge in [0.2, 0.25) is 5.91 Å². The molecule has 2 aliphatic rings. The summed E-state index contributed by atoms with van der Waals surface area (Å²) >= 11 is 0. The van der Waals surface area contributed by atoms with E-state index in [1.165, 1.54) is 18.9 Å². The zero-order valence-electron chi connectivity index (χ0n) is 28.6. The Morgan fingerprint density at radius 2 is 1.43 bits per heavy atom. The molecule has 2 amide bonds. The van der Waals surface area contributed by atoms with Crippen LogP contribution in [0, 0.1) is 5.82 Å². The fraction of sp³-hybridized carbons (Fsp3) is 0.529. The summed E-state index contributed by atoms with van der Waals surface area (Å²) in [5.74, 6) is -5.32. The van der Waals surface area contributed by atoms with Gasteiger partial charge >= 0.3 is 24.3 Å². The molecule has 0 unspecified atom stereocenters. The number of ether oxygens (including phenoxy) is 1. The first kappa shape index (κ1) is 44.5. The maximum absolute atomic E-state index is 13.4. The van der Waals surface area contributed by atoms with Crippen molar-refractivity contribution < 1.29 is 70.0 Å². The van der Waals surface area contributed by atoms with Crippen molar-refractivity contribution in [2.45, 2.75) is 76.2 Å². The molecule has 0 spiro atoms. The number of phenolic OH excluding ortho intramolecular Hbond substituents is 1. The molecule has 1 fully saturated rings. The lowest BCUT2D eigenvalue weighted by Gasteiger charge is -2.32. The number of hydrogen-bond acceptors (Lipinski definition) is 8. The zero-order chi connectivity index (χ0) is 39.6. The molecule has 1 aliphatic carbocycles. The van der Waals surface area contributed by atoms with Crippen LogP contribution in [0.5, 0.6) is 11.5 Å². The summed E-state index contributed by atoms with van der Waals surface area (Å²) in [5, 5.41) is 33.8. The standard InChI is InChI=1S/C30H41FN4O4.2C2HF3O2/c31-24-7-5-6-22(20-24)12-15-32-17-14-28(38)35(25-8-3-1-2-4-9-25)19-18-33-16-13-23-10-11-26(36)29-30(23)39-21-27(37)34-29;2*3-2(4,5)1(6)7/h5-7,10-11,20,25,32-33,36H,1-4,8-9,12-19,21H2,(H,34,37);2*(H,6,7). The summed E-state index contributed by atoms with van der Waals surface area (Å²) in [6.07, 6.45) is -1.41. The number of benzene rings is 2. The zero-order valence-corrected chi connectivity index (χ0v) is 28.6. The molecule has 53 heavy (non-hydrogen) atoms. The van der Waals surface area contributed by atoms with Crippen molar-refractivity contribution in [2.75, 3.05) is 44.6 Å². The van der Waals surface area contributed by atoms with Crippen molar-refractivity contribution >= 4 is 29.4 Å². The first-order valence-electron chi connectivity index (χ1n) is 16.7. The van der Waals surface area contributed by atoms with Gasteiger partial charge in [-0.2, -0.15) is 26.3 Å². The molecule has 0 radical (unpaired) electrons. The van der Waals surface area contributed by atoms with E-state index >= 15 is 0 Å². The molecular formula is C34H43F7N4O8. The van der Waals surface area contributed by atoms with Crippen molar-refractivity contribution in [3.05, 3.63) is 53.3 Å². The van der Waals surface area contributed by atoms with Crippen LogP contribution in [0.2, 0.25) is 0 Å². The van der Waals surface area contributed by atoms with E-state index in [2.05, 4.69) is 20.9 Å². The highest BCUT2D eigenvalue weighted by atomic mass is 19.4. The van der Waals surface area contributed by atoms with Gasteiger partial charge in [0.15, 0.2) is 12.4 Å². The number of nitrogens with one attached hydrogen (secondary N) is 3. The number of anilines is 1. The number of fused-ring (bicyclic) bond motifs is 1. The molecule has 0 aromatic heterocycles. The Morgan fingerprint density at radius 1 is 0.849 bits per heavy atom. The van der Waals surface area contributed by atoms with Crippen molar-refractivity contribution in [1.29, 1.82) is 0 Å². The van der Waals surface area contributed by atoms with Crippen LogP contribution in [-0.4, -0.2) is 102 Å². The van der Waals surface area contributed by atoms with Crippen LogP contribution in [0.25, 0.3) is 0 Å². The van der Waals surface area contributed by atoms with Gasteiger partial charge in [-0.15, -0.1) is 0 Å². The number of carbonyl (C=O) groups excluding carboxylic acids is 2. The topological polar surface area (TPSA) is 178 Å². The lowest BCUT2D eigenvalue weighted by Crippen LogP contribution is -2.45. The number of aliphatic carboxylic acids is 2. The number of hydrogen-bond donors (Lipinski definition) is 6. The molecule has 1 saturated carbocycles. The molecule has 0 bridgehead atoms. The van der Waals surface area contributed by atoms with E-state index in [0.717, 1.165) is 43.2 Å². The van der Waals surface area contributed by atoms with E-state index in [1.807, 2.05) is 12.1 Å². The molecule has 0 atom stereocenters. The Morgan fingerprint density at radius 3 is 2.02 bits per heavy atom. The lowest BCUT2D eigenvalue weighted by molar-refractivity contribution is -0.193. The third-order valence-electron chi connectivity index (χ3n) is 8.00. The highest BCUT2D eigenvalue weighted by Gasteiger charge is 2.39. The number of carboxylic acid groups (broad SMARTS) is 2. The van der Waals surface area contributed by atoms with Gasteiger partial charge in [0.05, 0.1) is 0 Å². The number of carbonyl (C=O) groups is 4. The third kappa shape index (κ3) is 16.7. The van der Waals surface area contributed by atoms with E-state index in [-0.39, 0.29) is 36.0 Å². The van der Waals surface area contributed by atoms with E-state index in [9.17, 15) is 45.4 Å². The monoisotopic (exact) mass is 768 g/mol. The third-order valence-corrected chi connectivity index (χ3v) is 8.00. The van der Waals surface area contributed by atoms with E-state index in [4.69, 9.17) is 24.5 Å². The van der Waals surface area contributed by atoms with Gasteiger partial charge in [-0.3, -0.25) is 9.59 Å². The average Bonchev–Trinajstić information content (AvgIpc) is 3.36. The molecule has 4 rings (SSSR count). The Bertz CT molecular complexity index is 1480. The SMILES string of the molecule is O=C(O)C(F)(F)F.O=C(O)C(F)(F)F.O=C1COc2c(CCNCCN(C(=O)CCNCCc3cccc(F)c3)C3CCCCCC3)ccc(O)c2N1. The number of rotatable bonds is 13. The smallest absolute Gasteiger partial charge is 0.490 e. The van der Waals surface area contributed by atoms with Crippen molar-refractivity contribution in [1.82, 2.24) is 15.5 Å². The minimum atomic E-state index is -5.08. The molecular weight excluding hydrogens is 725 g/mol. The minimum Gasteiger partial charge on any atom is -0.506 e. The molecule has 6 N–H and O–H groups in total. The maximum Gasteiger partial charge on any atom is 0.490 e. The van der Waals surface area contributed by atoms with Gasteiger partial charge in [-0.25, -0.2) is 14.0 Å². The van der Waals surface area contributed by atoms with Crippen LogP contribution < -0.4 is 20.7 Å². The summed E-state index contributed by atoms with van der Waals surface area (Å²) in [6, 6.07) is 10.3. The highest BCUT2D eigenvalue weighted by Crippen LogP contribution is 2.39. The predicted molar refractivity (Wildman–Crippen MR) is 177 cm³/mol. The fourth-order valence-corrected chi connectivity index (χ4v) is 5.43. The molecule has 1 aliphatic heterocycles. The van der Waals surface area contributed by atoms with Crippen LogP contribution in [0.4, 0.5) is 36.4 Å². The summed E-state index contributed by atoms with van der Waals surface area (Å²) in [4.78, 5) is 44.8. The normalized spacial score (nSPS) is 14.5. The number of alkyl halides is 6. The quantitative estimate of drug-likeness (QED) is 0.0701. The average molecular weight is 769 g/mol. The van der Waals surface area contributed by atoms with Gasteiger partial charge in [0, 0.05) is 32.1 Å². The predicted octanol–water partition coefficient (Wildman–Crippen LogP) is 5.03. The summed E-state index contributed by atoms with van der Waals surface area (Å²) in [6.45, 7) is 3.28. The molecule has 19 heteroatoms. The molecule has 2 aromatic carbocycles. The van der Waals surface area contributed by atoms with Crippen molar-refractivity contribution in [3.63, 3.8) is 0 Å². The van der Waals surface area contributed by atoms with Crippen LogP contribution >= 0.6 is 0 Å². The highest BCUT2D eigenvalue weighted by molar-refractivity contribution is 5.97. The molecule has 12 nitrogen and oxygen atoms in total. The van der Waals surface area contributed by atoms with Gasteiger partial charge in [0.1, 0.15) is 17.3 Å². The fourth-order valence-electron chi connectivity index (χ4n) is 5.43. The van der Waals surface area contributed by atoms with Crippen LogP contribution in [0.3, 0.4) is 0 Å². The number of aromatic hydroxyl groups is 1. The number of halogens is 7. The Kier molecular flexibility index (Phi) is 18.3. The first-order chi connectivity index (χ1) is 24.9. The van der Waals surface area contributed by atoms with Gasteiger partial charge in [0.25, 0.3) is 5.91 Å². The van der Waals surface area contributed by atoms with Crippen LogP contribution in [-0.2, 0) is 32.0 Å². The molecule has 0 saturated heterocycles. The summed E-state index contributed by atoms with van der Waals surface area (Å²) in [5.41, 5.74) is 2.19. The second-order valence-corrected chi connectivity index (χ2v) is 12.0. The van der Waals surface area contributed by atoms with Crippen LogP contribution in [0.1, 0.15) is 56.1 Å². The number of nitrogens with zero attached hydrogens (tertiary/aromatic N) is 1. The molecule has 296 valence electrons. The van der Waals surface area contributed by atoms with Gasteiger partial charge < -0.3 is 40.9 Å². The van der Waals surface area contributed by atoms with Gasteiger partial charge in [-0.1, -0.05) is 43.9 Å². The van der Waals surface area contributed by atoms with Crippen LogP contribution in [0.15, 0.2) is 36.4 Å². The summed E-state index contributed by atoms with van der Waals surface area (Å²) < 4.78 is 82.4.